The molecule has 0 bridgehead atoms. The Labute approximate surface area is 171 Å². The molecule has 0 unspecified atom stereocenters. The van der Waals surface area contributed by atoms with Gasteiger partial charge >= 0.3 is 0 Å². The van der Waals surface area contributed by atoms with Gasteiger partial charge in [-0.15, -0.1) is 19.3 Å². The third-order valence-electron chi connectivity index (χ3n) is 3.22. The van der Waals surface area contributed by atoms with Gasteiger partial charge in [-0.25, -0.2) is 0 Å². The summed E-state index contributed by atoms with van der Waals surface area (Å²) in [6, 6.07) is 16.4. The van der Waals surface area contributed by atoms with Crippen molar-refractivity contribution in [1.82, 2.24) is 0 Å². The zero-order valence-corrected chi connectivity index (χ0v) is 18.6. The van der Waals surface area contributed by atoms with E-state index in [0.717, 1.165) is 17.8 Å². The first-order valence-corrected chi connectivity index (χ1v) is 10.5. The molecule has 0 atom stereocenters. The molecule has 2 aromatic rings. The quantitative estimate of drug-likeness (QED) is 0.361. The first-order valence-electron chi connectivity index (χ1n) is 8.97. The van der Waals surface area contributed by atoms with E-state index in [1.807, 2.05) is 24.3 Å². The molecule has 0 fully saturated rings. The maximum atomic E-state index is 4.26. The van der Waals surface area contributed by atoms with Crippen molar-refractivity contribution >= 4 is 35.3 Å². The van der Waals surface area contributed by atoms with Gasteiger partial charge in [0.15, 0.2) is 0 Å². The van der Waals surface area contributed by atoms with Crippen molar-refractivity contribution in [1.29, 1.82) is 0 Å². The zero-order chi connectivity index (χ0) is 19.9. The molecular weight excluding hydrogens is 372 g/mol. The fourth-order valence-corrected chi connectivity index (χ4v) is 2.74. The molecule has 144 valence electrons. The lowest BCUT2D eigenvalue weighted by Crippen LogP contribution is -2.04. The van der Waals surface area contributed by atoms with Gasteiger partial charge in [-0.1, -0.05) is 24.3 Å². The maximum Gasteiger partial charge on any atom is 0.0863 e. The Hall–Kier alpha value is -1.66. The second-order valence-electron chi connectivity index (χ2n) is 8.28. The van der Waals surface area contributed by atoms with E-state index in [0.29, 0.717) is 0 Å². The van der Waals surface area contributed by atoms with Gasteiger partial charge in [0.1, 0.15) is 0 Å². The average Bonchev–Trinajstić information content (AvgIpc) is 2.56. The smallest absolute Gasteiger partial charge is 0.0863 e. The molecule has 2 rings (SSSR count). The molecule has 0 N–H and O–H groups in total. The largest absolute Gasteiger partial charge is 0.144 e. The van der Waals surface area contributed by atoms with Crippen LogP contribution in [0, 0.1) is 0 Å². The molecule has 0 aliphatic heterocycles. The van der Waals surface area contributed by atoms with E-state index in [-0.39, 0.29) is 9.49 Å². The van der Waals surface area contributed by atoms with Crippen molar-refractivity contribution < 1.29 is 0 Å². The summed E-state index contributed by atoms with van der Waals surface area (Å²) in [6.45, 7) is 12.7. The Morgan fingerprint density at radius 1 is 0.593 bits per heavy atom. The molecule has 0 saturated carbocycles. The average molecular weight is 401 g/mol. The summed E-state index contributed by atoms with van der Waals surface area (Å²) in [5.74, 6) is 0. The number of nitrogens with zero attached hydrogens (tertiary/aromatic N) is 4. The summed E-state index contributed by atoms with van der Waals surface area (Å²) >= 11 is 2.97. The molecule has 0 heterocycles. The van der Waals surface area contributed by atoms with Crippen LogP contribution in [0.1, 0.15) is 52.7 Å². The zero-order valence-electron chi connectivity index (χ0n) is 16.9. The van der Waals surface area contributed by atoms with Crippen molar-refractivity contribution in [2.75, 3.05) is 0 Å². The summed E-state index contributed by atoms with van der Waals surface area (Å²) in [5.41, 5.74) is 4.25. The van der Waals surface area contributed by atoms with Gasteiger partial charge < -0.3 is 0 Å². The van der Waals surface area contributed by atoms with Gasteiger partial charge in [0.05, 0.1) is 11.4 Å². The van der Waals surface area contributed by atoms with Crippen LogP contribution in [0.3, 0.4) is 0 Å². The molecule has 0 aliphatic carbocycles. The lowest BCUT2D eigenvalue weighted by molar-refractivity contribution is 0.802. The predicted octanol–water partition coefficient (Wildman–Crippen LogP) is 8.34. The predicted molar refractivity (Wildman–Crippen MR) is 119 cm³/mol. The minimum Gasteiger partial charge on any atom is -0.144 e. The highest BCUT2D eigenvalue weighted by atomic mass is 32.2. The van der Waals surface area contributed by atoms with Crippen LogP contribution < -0.4 is 0 Å². The maximum absolute atomic E-state index is 4.26. The molecule has 0 spiro atoms. The van der Waals surface area contributed by atoms with Crippen LogP contribution in [-0.4, -0.2) is 9.49 Å². The second kappa shape index (κ2) is 9.51. The van der Waals surface area contributed by atoms with E-state index in [9.17, 15) is 0 Å². The number of hydrogen-bond acceptors (Lipinski definition) is 6. The van der Waals surface area contributed by atoms with Crippen LogP contribution in [0.2, 0.25) is 0 Å². The van der Waals surface area contributed by atoms with Crippen molar-refractivity contribution in [3.8, 4) is 0 Å². The first-order chi connectivity index (χ1) is 12.6. The molecular formula is C21H28N4S2. The van der Waals surface area contributed by atoms with Gasteiger partial charge in [0, 0.05) is 33.4 Å². The molecule has 27 heavy (non-hydrogen) atoms. The van der Waals surface area contributed by atoms with Crippen molar-refractivity contribution in [3.63, 3.8) is 0 Å². The number of benzene rings is 2. The monoisotopic (exact) mass is 400 g/mol. The van der Waals surface area contributed by atoms with Crippen LogP contribution in [0.15, 0.2) is 67.8 Å². The topological polar surface area (TPSA) is 49.4 Å². The van der Waals surface area contributed by atoms with E-state index in [2.05, 4.69) is 85.1 Å². The molecule has 2 aromatic carbocycles. The molecule has 0 aromatic heterocycles. The highest BCUT2D eigenvalue weighted by Gasteiger charge is 2.10. The van der Waals surface area contributed by atoms with Crippen LogP contribution in [0.25, 0.3) is 0 Å². The van der Waals surface area contributed by atoms with Crippen molar-refractivity contribution in [2.24, 2.45) is 19.3 Å². The lowest BCUT2D eigenvalue weighted by Gasteiger charge is -2.11. The van der Waals surface area contributed by atoms with Gasteiger partial charge in [-0.3, -0.25) is 0 Å². The van der Waals surface area contributed by atoms with Gasteiger partial charge in [0.25, 0.3) is 0 Å². The summed E-state index contributed by atoms with van der Waals surface area (Å²) < 4.78 is 8.56. The minimum atomic E-state index is 0.0839. The standard InChI is InChI=1S/C21H28N4S2/c1-20(2,3)26-24-22-18-11-7-16(8-12-18)15-17-9-13-19(14-10-17)23-25-27-21(4,5)6/h7-14H,15H2,1-6H3. The second-order valence-corrected chi connectivity index (χ2v) is 11.4. The lowest BCUT2D eigenvalue weighted by atomic mass is 10.0. The highest BCUT2D eigenvalue weighted by molar-refractivity contribution is 7.99. The SMILES string of the molecule is CC(C)(C)SN=Nc1ccc(Cc2ccc(N=NSC(C)(C)C)cc2)cc1. The van der Waals surface area contributed by atoms with Gasteiger partial charge in [-0.05, 0) is 83.4 Å². The third-order valence-corrected chi connectivity index (χ3v) is 4.64. The van der Waals surface area contributed by atoms with Crippen LogP contribution in [0.5, 0.6) is 0 Å². The normalized spacial score (nSPS) is 13.0. The van der Waals surface area contributed by atoms with Gasteiger partial charge in [-0.2, -0.15) is 0 Å². The fourth-order valence-electron chi connectivity index (χ4n) is 1.98. The Morgan fingerprint density at radius 3 is 1.22 bits per heavy atom. The fraction of sp³-hybridized carbons (Fsp3) is 0.429. The highest BCUT2D eigenvalue weighted by Crippen LogP contribution is 2.28. The molecule has 0 saturated heterocycles. The number of rotatable bonds is 6. The van der Waals surface area contributed by atoms with Crippen LogP contribution in [-0.2, 0) is 6.42 Å². The van der Waals surface area contributed by atoms with E-state index in [1.54, 1.807) is 0 Å². The Bertz CT molecular complexity index is 700. The molecule has 4 nitrogen and oxygen atoms in total. The van der Waals surface area contributed by atoms with E-state index >= 15 is 0 Å². The summed E-state index contributed by atoms with van der Waals surface area (Å²) in [6.07, 6.45) is 0.877. The van der Waals surface area contributed by atoms with E-state index in [4.69, 9.17) is 0 Å². The van der Waals surface area contributed by atoms with E-state index in [1.165, 1.54) is 35.0 Å². The van der Waals surface area contributed by atoms with Crippen molar-refractivity contribution in [3.05, 3.63) is 59.7 Å². The van der Waals surface area contributed by atoms with Gasteiger partial charge in [0.2, 0.25) is 0 Å². The van der Waals surface area contributed by atoms with Crippen LogP contribution >= 0.6 is 23.9 Å². The summed E-state index contributed by atoms with van der Waals surface area (Å²) in [7, 11) is 0. The Balaban J connectivity index is 1.91. The molecule has 0 amide bonds. The van der Waals surface area contributed by atoms with Crippen molar-refractivity contribution in [2.45, 2.75) is 57.5 Å². The Kier molecular flexibility index (Phi) is 7.62. The summed E-state index contributed by atoms with van der Waals surface area (Å²) in [5, 5.41) is 8.52. The first kappa shape index (κ1) is 21.6. The Morgan fingerprint density at radius 2 is 0.926 bits per heavy atom. The summed E-state index contributed by atoms with van der Waals surface area (Å²) in [4.78, 5) is 0. The van der Waals surface area contributed by atoms with Crippen LogP contribution in [0.4, 0.5) is 11.4 Å². The number of hydrogen-bond donors (Lipinski definition) is 0. The molecule has 0 aliphatic rings. The van der Waals surface area contributed by atoms with E-state index < -0.39 is 0 Å². The molecule has 0 radical (unpaired) electrons. The third kappa shape index (κ3) is 9.20. The molecule has 6 heteroatoms. The minimum absolute atomic E-state index is 0.0839.